The van der Waals surface area contributed by atoms with Crippen LogP contribution in [0.15, 0.2) is 22.7 Å². The number of amides is 1. The molecule has 1 rings (SSSR count). The molecule has 0 atom stereocenters. The van der Waals surface area contributed by atoms with Gasteiger partial charge in [-0.05, 0) is 18.2 Å². The van der Waals surface area contributed by atoms with Crippen LogP contribution in [0.25, 0.3) is 0 Å². The molecule has 1 amide bonds. The highest BCUT2D eigenvalue weighted by Crippen LogP contribution is 2.33. The van der Waals surface area contributed by atoms with Crippen molar-refractivity contribution < 1.29 is 18.0 Å². The minimum absolute atomic E-state index is 0.0501. The van der Waals surface area contributed by atoms with Crippen molar-refractivity contribution in [3.8, 4) is 0 Å². The molecule has 0 unspecified atom stereocenters. The number of hydrogen-bond donors (Lipinski definition) is 2. The number of halogens is 4. The molecular formula is C13H14BrF3N2OS. The molecule has 1 aromatic rings. The standard InChI is InChI=1S/C13H14BrF3N2OS/c1-12(2,11(18)21)6-19-10(20)8-4-3-7(14)5-9(8)13(15,16)17/h3-5H,6H2,1-2H3,(H2,18,21)(H,19,20). The Morgan fingerprint density at radius 2 is 1.95 bits per heavy atom. The minimum Gasteiger partial charge on any atom is -0.393 e. The Morgan fingerprint density at radius 1 is 1.38 bits per heavy atom. The summed E-state index contributed by atoms with van der Waals surface area (Å²) >= 11 is 7.81. The van der Waals surface area contributed by atoms with Crippen LogP contribution in [0.2, 0.25) is 0 Å². The van der Waals surface area contributed by atoms with Gasteiger partial charge in [0.15, 0.2) is 0 Å². The van der Waals surface area contributed by atoms with E-state index >= 15 is 0 Å². The van der Waals surface area contributed by atoms with E-state index in [2.05, 4.69) is 21.2 Å². The average molecular weight is 383 g/mol. The summed E-state index contributed by atoms with van der Waals surface area (Å²) in [6.07, 6.45) is -4.62. The monoisotopic (exact) mass is 382 g/mol. The summed E-state index contributed by atoms with van der Waals surface area (Å²) in [4.78, 5) is 12.2. The van der Waals surface area contributed by atoms with Gasteiger partial charge in [0.05, 0.1) is 16.1 Å². The quantitative estimate of drug-likeness (QED) is 0.783. The molecule has 0 radical (unpaired) electrons. The Morgan fingerprint density at radius 3 is 2.43 bits per heavy atom. The molecular weight excluding hydrogens is 369 g/mol. The average Bonchev–Trinajstić information content (AvgIpc) is 2.34. The molecule has 0 spiro atoms. The molecule has 0 aromatic heterocycles. The second kappa shape index (κ2) is 6.31. The van der Waals surface area contributed by atoms with Crippen molar-refractivity contribution in [3.05, 3.63) is 33.8 Å². The fraction of sp³-hybridized carbons (Fsp3) is 0.385. The van der Waals surface area contributed by atoms with E-state index in [0.717, 1.165) is 12.1 Å². The van der Waals surface area contributed by atoms with E-state index in [-0.39, 0.29) is 16.0 Å². The van der Waals surface area contributed by atoms with Crippen LogP contribution in [0, 0.1) is 5.41 Å². The van der Waals surface area contributed by atoms with E-state index in [1.165, 1.54) is 6.07 Å². The van der Waals surface area contributed by atoms with Crippen LogP contribution in [0.3, 0.4) is 0 Å². The van der Waals surface area contributed by atoms with Crippen LogP contribution in [0.1, 0.15) is 29.8 Å². The number of rotatable bonds is 4. The SMILES string of the molecule is CC(C)(CNC(=O)c1ccc(Br)cc1C(F)(F)F)C(N)=S. The number of hydrogen-bond acceptors (Lipinski definition) is 2. The van der Waals surface area contributed by atoms with Crippen molar-refractivity contribution in [2.24, 2.45) is 11.1 Å². The van der Waals surface area contributed by atoms with Crippen molar-refractivity contribution >= 4 is 39.0 Å². The molecule has 3 nitrogen and oxygen atoms in total. The zero-order chi connectivity index (χ0) is 16.4. The molecule has 21 heavy (non-hydrogen) atoms. The first-order valence-corrected chi connectivity index (χ1v) is 7.10. The second-order valence-electron chi connectivity index (χ2n) is 5.12. The maximum Gasteiger partial charge on any atom is 0.417 e. The molecule has 0 aliphatic rings. The topological polar surface area (TPSA) is 55.1 Å². The lowest BCUT2D eigenvalue weighted by atomic mass is 9.93. The Hall–Kier alpha value is -1.15. The highest BCUT2D eigenvalue weighted by Gasteiger charge is 2.35. The summed E-state index contributed by atoms with van der Waals surface area (Å²) in [6.45, 7) is 3.44. The van der Waals surface area contributed by atoms with Crippen LogP contribution in [-0.2, 0) is 6.18 Å². The van der Waals surface area contributed by atoms with Crippen molar-refractivity contribution in [2.75, 3.05) is 6.54 Å². The first-order valence-electron chi connectivity index (χ1n) is 5.90. The Bertz CT molecular complexity index is 573. The third kappa shape index (κ3) is 4.67. The number of benzene rings is 1. The van der Waals surface area contributed by atoms with Gasteiger partial charge >= 0.3 is 6.18 Å². The molecule has 0 saturated heterocycles. The van der Waals surface area contributed by atoms with Crippen LogP contribution in [0.5, 0.6) is 0 Å². The third-order valence-electron chi connectivity index (χ3n) is 2.89. The van der Waals surface area contributed by atoms with Crippen LogP contribution in [0.4, 0.5) is 13.2 Å². The molecule has 3 N–H and O–H groups in total. The fourth-order valence-electron chi connectivity index (χ4n) is 1.43. The van der Waals surface area contributed by atoms with Gasteiger partial charge < -0.3 is 11.1 Å². The van der Waals surface area contributed by atoms with Gasteiger partial charge in [0, 0.05) is 16.4 Å². The number of carbonyl (C=O) groups is 1. The molecule has 8 heteroatoms. The summed E-state index contributed by atoms with van der Waals surface area (Å²) in [5.41, 5.74) is 3.39. The molecule has 1 aromatic carbocycles. The molecule has 0 bridgehead atoms. The lowest BCUT2D eigenvalue weighted by Crippen LogP contribution is -2.41. The van der Waals surface area contributed by atoms with Gasteiger partial charge in [-0.15, -0.1) is 0 Å². The first-order chi connectivity index (χ1) is 9.45. The predicted octanol–water partition coefficient (Wildman–Crippen LogP) is 3.51. The maximum absolute atomic E-state index is 12.9. The zero-order valence-corrected chi connectivity index (χ0v) is 13.7. The summed E-state index contributed by atoms with van der Waals surface area (Å²) in [6, 6.07) is 3.37. The zero-order valence-electron chi connectivity index (χ0n) is 11.3. The first kappa shape index (κ1) is 17.9. The predicted molar refractivity (Wildman–Crippen MR) is 82.0 cm³/mol. The van der Waals surface area contributed by atoms with E-state index in [1.807, 2.05) is 0 Å². The van der Waals surface area contributed by atoms with Gasteiger partial charge in [0.1, 0.15) is 0 Å². The summed E-state index contributed by atoms with van der Waals surface area (Å²) in [5, 5.41) is 2.43. The minimum atomic E-state index is -4.62. The van der Waals surface area contributed by atoms with Gasteiger partial charge in [0.2, 0.25) is 0 Å². The third-order valence-corrected chi connectivity index (χ3v) is 3.94. The fourth-order valence-corrected chi connectivity index (χ4v) is 1.87. The highest BCUT2D eigenvalue weighted by molar-refractivity contribution is 9.10. The van der Waals surface area contributed by atoms with Crippen molar-refractivity contribution in [2.45, 2.75) is 20.0 Å². The molecule has 0 aliphatic heterocycles. The maximum atomic E-state index is 12.9. The Balaban J connectivity index is 3.01. The molecule has 0 heterocycles. The Labute approximate surface area is 134 Å². The van der Waals surface area contributed by atoms with Gasteiger partial charge in [-0.25, -0.2) is 0 Å². The lowest BCUT2D eigenvalue weighted by molar-refractivity contribution is -0.138. The Kier molecular flexibility index (Phi) is 5.38. The van der Waals surface area contributed by atoms with Crippen molar-refractivity contribution in [3.63, 3.8) is 0 Å². The summed E-state index contributed by atoms with van der Waals surface area (Å²) in [7, 11) is 0. The van der Waals surface area contributed by atoms with Crippen LogP contribution < -0.4 is 11.1 Å². The number of alkyl halides is 3. The van der Waals surface area contributed by atoms with Crippen LogP contribution in [-0.4, -0.2) is 17.4 Å². The van der Waals surface area contributed by atoms with Gasteiger partial charge in [-0.1, -0.05) is 42.0 Å². The molecule has 0 aliphatic carbocycles. The van der Waals surface area contributed by atoms with Gasteiger partial charge in [-0.3, -0.25) is 4.79 Å². The van der Waals surface area contributed by atoms with Gasteiger partial charge in [0.25, 0.3) is 5.91 Å². The summed E-state index contributed by atoms with van der Waals surface area (Å²) in [5.74, 6) is -0.820. The van der Waals surface area contributed by atoms with E-state index in [9.17, 15) is 18.0 Å². The number of nitrogens with one attached hydrogen (secondary N) is 1. The van der Waals surface area contributed by atoms with Crippen molar-refractivity contribution in [1.29, 1.82) is 0 Å². The normalized spacial score (nSPS) is 12.1. The smallest absolute Gasteiger partial charge is 0.393 e. The van der Waals surface area contributed by atoms with Crippen molar-refractivity contribution in [1.82, 2.24) is 5.32 Å². The number of nitrogens with two attached hydrogens (primary N) is 1. The largest absolute Gasteiger partial charge is 0.417 e. The number of thiocarbonyl (C=S) groups is 1. The molecule has 0 fully saturated rings. The van der Waals surface area contributed by atoms with Gasteiger partial charge in [-0.2, -0.15) is 13.2 Å². The van der Waals surface area contributed by atoms with E-state index in [0.29, 0.717) is 0 Å². The van der Waals surface area contributed by atoms with E-state index < -0.39 is 28.6 Å². The van der Waals surface area contributed by atoms with E-state index in [4.69, 9.17) is 18.0 Å². The second-order valence-corrected chi connectivity index (χ2v) is 6.47. The number of carbonyl (C=O) groups excluding carboxylic acids is 1. The summed E-state index contributed by atoms with van der Waals surface area (Å²) < 4.78 is 39.1. The van der Waals surface area contributed by atoms with E-state index in [1.54, 1.807) is 13.8 Å². The highest BCUT2D eigenvalue weighted by atomic mass is 79.9. The molecule has 0 saturated carbocycles. The lowest BCUT2D eigenvalue weighted by Gasteiger charge is -2.23. The molecule has 116 valence electrons. The van der Waals surface area contributed by atoms with Crippen LogP contribution >= 0.6 is 28.1 Å².